The van der Waals surface area contributed by atoms with E-state index in [1.165, 1.54) is 23.1 Å². The van der Waals surface area contributed by atoms with Crippen LogP contribution in [0.1, 0.15) is 11.1 Å². The van der Waals surface area contributed by atoms with Gasteiger partial charge in [0.15, 0.2) is 17.6 Å². The van der Waals surface area contributed by atoms with Gasteiger partial charge in [-0.15, -0.1) is 0 Å². The van der Waals surface area contributed by atoms with Crippen LogP contribution in [0.25, 0.3) is 22.4 Å². The monoisotopic (exact) mass is 224 g/mol. The Labute approximate surface area is 99.1 Å². The van der Waals surface area contributed by atoms with Gasteiger partial charge in [0.1, 0.15) is 0 Å². The van der Waals surface area contributed by atoms with Gasteiger partial charge in [-0.1, -0.05) is 23.8 Å². The number of hydrogen-bond acceptors (Lipinski definition) is 3. The van der Waals surface area contributed by atoms with Crippen LogP contribution in [-0.2, 0) is 0 Å². The van der Waals surface area contributed by atoms with Crippen LogP contribution in [0.3, 0.4) is 0 Å². The zero-order valence-electron chi connectivity index (χ0n) is 9.77. The summed E-state index contributed by atoms with van der Waals surface area (Å²) in [6.45, 7) is 4.20. The smallest absolute Gasteiger partial charge is 0.198 e. The topological polar surface area (TPSA) is 38.9 Å². The van der Waals surface area contributed by atoms with Crippen molar-refractivity contribution in [1.82, 2.24) is 9.97 Å². The number of fused-ring (bicyclic) bond motifs is 1. The minimum atomic E-state index is 0.651. The van der Waals surface area contributed by atoms with Gasteiger partial charge in [-0.05, 0) is 31.0 Å². The maximum absolute atomic E-state index is 5.27. The maximum atomic E-state index is 5.27. The molecule has 3 aromatic rings. The molecule has 0 radical (unpaired) electrons. The Balaban J connectivity index is 2.19. The predicted molar refractivity (Wildman–Crippen MR) is 66.7 cm³/mol. The largest absolute Gasteiger partial charge is 0.442 e. The lowest BCUT2D eigenvalue weighted by atomic mass is 10.0. The van der Waals surface area contributed by atoms with Crippen molar-refractivity contribution in [3.63, 3.8) is 0 Å². The predicted octanol–water partition coefficient (Wildman–Crippen LogP) is 3.51. The van der Waals surface area contributed by atoms with E-state index in [1.807, 2.05) is 12.3 Å². The standard InChI is InChI=1S/C14H12N2O/c1-9-3-4-12(10(2)5-9)11-6-13-14(15-7-11)16-8-17-13/h3-8H,1-2H3. The van der Waals surface area contributed by atoms with Crippen LogP contribution in [0.5, 0.6) is 0 Å². The second kappa shape index (κ2) is 3.70. The van der Waals surface area contributed by atoms with E-state index in [2.05, 4.69) is 42.0 Å². The molecule has 0 saturated carbocycles. The van der Waals surface area contributed by atoms with Gasteiger partial charge in [0.05, 0.1) is 0 Å². The first-order valence-corrected chi connectivity index (χ1v) is 5.51. The molecule has 0 fully saturated rings. The average Bonchev–Trinajstić information content (AvgIpc) is 2.75. The van der Waals surface area contributed by atoms with E-state index in [9.17, 15) is 0 Å². The first-order valence-electron chi connectivity index (χ1n) is 5.51. The molecule has 0 aliphatic carbocycles. The number of rotatable bonds is 1. The Morgan fingerprint density at radius 1 is 1.06 bits per heavy atom. The second-order valence-corrected chi connectivity index (χ2v) is 4.22. The lowest BCUT2D eigenvalue weighted by molar-refractivity contribution is 0.602. The number of benzene rings is 1. The lowest BCUT2D eigenvalue weighted by Crippen LogP contribution is -1.86. The third-order valence-electron chi connectivity index (χ3n) is 2.88. The van der Waals surface area contributed by atoms with Crippen LogP contribution in [0, 0.1) is 13.8 Å². The van der Waals surface area contributed by atoms with Crippen LogP contribution in [0.15, 0.2) is 41.3 Å². The molecule has 0 saturated heterocycles. The molecule has 2 heterocycles. The molecule has 3 heteroatoms. The third-order valence-corrected chi connectivity index (χ3v) is 2.88. The molecule has 0 atom stereocenters. The fourth-order valence-electron chi connectivity index (χ4n) is 2.04. The fraction of sp³-hybridized carbons (Fsp3) is 0.143. The van der Waals surface area contributed by atoms with E-state index in [0.29, 0.717) is 5.65 Å². The van der Waals surface area contributed by atoms with Crippen LogP contribution >= 0.6 is 0 Å². The fourth-order valence-corrected chi connectivity index (χ4v) is 2.04. The van der Waals surface area contributed by atoms with Crippen LogP contribution in [-0.4, -0.2) is 9.97 Å². The van der Waals surface area contributed by atoms with Crippen molar-refractivity contribution < 1.29 is 4.42 Å². The number of nitrogens with zero attached hydrogens (tertiary/aromatic N) is 2. The van der Waals surface area contributed by atoms with Crippen LogP contribution in [0.2, 0.25) is 0 Å². The Bertz CT molecular complexity index is 686. The van der Waals surface area contributed by atoms with Crippen molar-refractivity contribution in [3.8, 4) is 11.1 Å². The zero-order valence-corrected chi connectivity index (χ0v) is 9.77. The summed E-state index contributed by atoms with van der Waals surface area (Å²) in [6.07, 6.45) is 3.26. The highest BCUT2D eigenvalue weighted by atomic mass is 16.3. The molecule has 0 spiro atoms. The van der Waals surface area contributed by atoms with E-state index in [1.54, 1.807) is 0 Å². The Hall–Kier alpha value is -2.16. The lowest BCUT2D eigenvalue weighted by Gasteiger charge is -2.06. The first kappa shape index (κ1) is 10.0. The number of aryl methyl sites for hydroxylation is 2. The van der Waals surface area contributed by atoms with Gasteiger partial charge in [0.25, 0.3) is 0 Å². The molecule has 3 rings (SSSR count). The molecule has 0 bridgehead atoms. The summed E-state index contributed by atoms with van der Waals surface area (Å²) >= 11 is 0. The number of aromatic nitrogens is 2. The molecule has 0 N–H and O–H groups in total. The van der Waals surface area contributed by atoms with Gasteiger partial charge in [0.2, 0.25) is 0 Å². The van der Waals surface area contributed by atoms with Gasteiger partial charge in [-0.3, -0.25) is 0 Å². The Kier molecular flexibility index (Phi) is 2.18. The van der Waals surface area contributed by atoms with E-state index >= 15 is 0 Å². The summed E-state index contributed by atoms with van der Waals surface area (Å²) in [5, 5.41) is 0. The van der Waals surface area contributed by atoms with E-state index in [4.69, 9.17) is 4.42 Å². The van der Waals surface area contributed by atoms with Crippen LogP contribution in [0.4, 0.5) is 0 Å². The molecule has 84 valence electrons. The molecule has 2 aromatic heterocycles. The SMILES string of the molecule is Cc1ccc(-c2cnc3ncoc3c2)c(C)c1. The maximum Gasteiger partial charge on any atom is 0.198 e. The summed E-state index contributed by atoms with van der Waals surface area (Å²) in [5.41, 5.74) is 6.12. The first-order chi connectivity index (χ1) is 8.24. The van der Waals surface area contributed by atoms with Crippen molar-refractivity contribution in [1.29, 1.82) is 0 Å². The zero-order chi connectivity index (χ0) is 11.8. The van der Waals surface area contributed by atoms with E-state index < -0.39 is 0 Å². The summed E-state index contributed by atoms with van der Waals surface area (Å²) < 4.78 is 5.27. The van der Waals surface area contributed by atoms with E-state index in [0.717, 1.165) is 11.1 Å². The number of pyridine rings is 1. The molecule has 1 aromatic carbocycles. The average molecular weight is 224 g/mol. The van der Waals surface area contributed by atoms with Gasteiger partial charge >= 0.3 is 0 Å². The van der Waals surface area contributed by atoms with Gasteiger partial charge in [-0.25, -0.2) is 4.98 Å². The van der Waals surface area contributed by atoms with Crippen molar-refractivity contribution >= 4 is 11.2 Å². The molecular weight excluding hydrogens is 212 g/mol. The summed E-state index contributed by atoms with van der Waals surface area (Å²) in [4.78, 5) is 8.29. The molecule has 0 aliphatic heterocycles. The third kappa shape index (κ3) is 1.69. The van der Waals surface area contributed by atoms with Gasteiger partial charge in [0, 0.05) is 11.8 Å². The molecule has 0 unspecified atom stereocenters. The Morgan fingerprint density at radius 3 is 2.76 bits per heavy atom. The number of oxazole rings is 1. The Morgan fingerprint density at radius 2 is 1.94 bits per heavy atom. The second-order valence-electron chi connectivity index (χ2n) is 4.22. The summed E-state index contributed by atoms with van der Waals surface area (Å²) in [7, 11) is 0. The summed E-state index contributed by atoms with van der Waals surface area (Å²) in [6, 6.07) is 8.36. The van der Waals surface area contributed by atoms with Crippen LogP contribution < -0.4 is 0 Å². The minimum absolute atomic E-state index is 0.651. The highest BCUT2D eigenvalue weighted by Gasteiger charge is 2.06. The van der Waals surface area contributed by atoms with E-state index in [-0.39, 0.29) is 0 Å². The van der Waals surface area contributed by atoms with Gasteiger partial charge < -0.3 is 4.42 Å². The molecule has 0 amide bonds. The normalized spacial score (nSPS) is 10.9. The molecule has 17 heavy (non-hydrogen) atoms. The molecular formula is C14H12N2O. The number of hydrogen-bond donors (Lipinski definition) is 0. The highest BCUT2D eigenvalue weighted by Crippen LogP contribution is 2.25. The van der Waals surface area contributed by atoms with Crippen molar-refractivity contribution in [2.75, 3.05) is 0 Å². The van der Waals surface area contributed by atoms with Crippen molar-refractivity contribution in [2.45, 2.75) is 13.8 Å². The highest BCUT2D eigenvalue weighted by molar-refractivity contribution is 5.77. The minimum Gasteiger partial charge on any atom is -0.442 e. The van der Waals surface area contributed by atoms with Crippen molar-refractivity contribution in [2.24, 2.45) is 0 Å². The van der Waals surface area contributed by atoms with Crippen molar-refractivity contribution in [3.05, 3.63) is 48.0 Å². The summed E-state index contributed by atoms with van der Waals surface area (Å²) in [5.74, 6) is 0. The molecule has 3 nitrogen and oxygen atoms in total. The molecule has 0 aliphatic rings. The quantitative estimate of drug-likeness (QED) is 0.635. The van der Waals surface area contributed by atoms with Gasteiger partial charge in [-0.2, -0.15) is 4.98 Å².